The molecule has 2 N–H and O–H groups in total. The molecular formula is C23H31N3O2. The van der Waals surface area contributed by atoms with Crippen molar-refractivity contribution in [3.8, 4) is 5.75 Å². The summed E-state index contributed by atoms with van der Waals surface area (Å²) in [5, 5.41) is 6.55. The highest BCUT2D eigenvalue weighted by molar-refractivity contribution is 6.04. The van der Waals surface area contributed by atoms with Crippen molar-refractivity contribution in [2.75, 3.05) is 38.6 Å². The maximum Gasteiger partial charge on any atom is 0.255 e. The minimum Gasteiger partial charge on any atom is -0.497 e. The van der Waals surface area contributed by atoms with E-state index in [-0.39, 0.29) is 5.91 Å². The zero-order valence-electron chi connectivity index (χ0n) is 16.9. The number of anilines is 1. The van der Waals surface area contributed by atoms with Crippen molar-refractivity contribution in [1.29, 1.82) is 0 Å². The predicted molar refractivity (Wildman–Crippen MR) is 114 cm³/mol. The Labute approximate surface area is 168 Å². The molecule has 0 spiro atoms. The summed E-state index contributed by atoms with van der Waals surface area (Å²) in [4.78, 5) is 15.0. The second-order valence-corrected chi connectivity index (χ2v) is 7.47. The molecule has 5 nitrogen and oxygen atoms in total. The molecule has 0 aromatic heterocycles. The Kier molecular flexibility index (Phi) is 7.46. The highest BCUT2D eigenvalue weighted by atomic mass is 16.5. The lowest BCUT2D eigenvalue weighted by molar-refractivity contribution is 0.102. The second-order valence-electron chi connectivity index (χ2n) is 7.47. The largest absolute Gasteiger partial charge is 0.497 e. The van der Waals surface area contributed by atoms with Crippen molar-refractivity contribution in [2.45, 2.75) is 26.3 Å². The Balaban J connectivity index is 1.47. The van der Waals surface area contributed by atoms with Gasteiger partial charge in [0.1, 0.15) is 5.75 Å². The van der Waals surface area contributed by atoms with Crippen LogP contribution in [0.4, 0.5) is 5.69 Å². The molecule has 0 saturated carbocycles. The number of likely N-dealkylation sites (tertiary alicyclic amines) is 1. The molecular weight excluding hydrogens is 350 g/mol. The van der Waals surface area contributed by atoms with Gasteiger partial charge < -0.3 is 20.3 Å². The van der Waals surface area contributed by atoms with Gasteiger partial charge in [0.25, 0.3) is 5.91 Å². The number of methoxy groups -OCH3 is 1. The van der Waals surface area contributed by atoms with E-state index in [1.807, 2.05) is 18.2 Å². The third-order valence-electron chi connectivity index (χ3n) is 5.21. The van der Waals surface area contributed by atoms with E-state index in [2.05, 4.69) is 28.5 Å². The lowest BCUT2D eigenvalue weighted by atomic mass is 10.1. The smallest absolute Gasteiger partial charge is 0.255 e. The molecule has 1 fully saturated rings. The number of nitrogens with zero attached hydrogens (tertiary/aromatic N) is 1. The topological polar surface area (TPSA) is 53.6 Å². The number of amides is 1. The lowest BCUT2D eigenvalue weighted by Gasteiger charge is -2.15. The quantitative estimate of drug-likeness (QED) is 0.694. The van der Waals surface area contributed by atoms with Crippen LogP contribution in [0.25, 0.3) is 0 Å². The van der Waals surface area contributed by atoms with Crippen LogP contribution in [0.1, 0.15) is 35.7 Å². The van der Waals surface area contributed by atoms with Gasteiger partial charge in [-0.15, -0.1) is 0 Å². The van der Waals surface area contributed by atoms with E-state index in [9.17, 15) is 4.79 Å². The van der Waals surface area contributed by atoms with E-state index >= 15 is 0 Å². The summed E-state index contributed by atoms with van der Waals surface area (Å²) in [7, 11) is 1.61. The number of benzene rings is 2. The number of ether oxygens (including phenoxy) is 1. The van der Waals surface area contributed by atoms with Gasteiger partial charge in [0.15, 0.2) is 0 Å². The average Bonchev–Trinajstić information content (AvgIpc) is 3.16. The molecule has 1 atom stereocenters. The fraction of sp³-hybridized carbons (Fsp3) is 0.435. The molecule has 28 heavy (non-hydrogen) atoms. The van der Waals surface area contributed by atoms with Crippen molar-refractivity contribution in [3.05, 3.63) is 59.7 Å². The van der Waals surface area contributed by atoms with Crippen molar-refractivity contribution >= 4 is 11.6 Å². The zero-order chi connectivity index (χ0) is 19.8. The van der Waals surface area contributed by atoms with Crippen molar-refractivity contribution in [2.24, 2.45) is 5.92 Å². The third-order valence-corrected chi connectivity index (χ3v) is 5.21. The molecule has 1 saturated heterocycles. The van der Waals surface area contributed by atoms with Crippen LogP contribution in [0.3, 0.4) is 0 Å². The third kappa shape index (κ3) is 5.81. The van der Waals surface area contributed by atoms with Crippen LogP contribution < -0.4 is 15.4 Å². The summed E-state index contributed by atoms with van der Waals surface area (Å²) >= 11 is 0. The molecule has 1 heterocycles. The first-order valence-corrected chi connectivity index (χ1v) is 10.2. The van der Waals surface area contributed by atoms with Gasteiger partial charge in [-0.25, -0.2) is 0 Å². The van der Waals surface area contributed by atoms with E-state index < -0.39 is 0 Å². The van der Waals surface area contributed by atoms with Gasteiger partial charge in [-0.2, -0.15) is 0 Å². The molecule has 1 aliphatic rings. The van der Waals surface area contributed by atoms with Crippen LogP contribution in [0.15, 0.2) is 48.5 Å². The molecule has 1 unspecified atom stereocenters. The molecule has 150 valence electrons. The summed E-state index contributed by atoms with van der Waals surface area (Å²) in [6, 6.07) is 15.1. The molecule has 1 amide bonds. The average molecular weight is 382 g/mol. The molecule has 2 aromatic rings. The number of hydrogen-bond acceptors (Lipinski definition) is 4. The zero-order valence-corrected chi connectivity index (χ0v) is 16.9. The van der Waals surface area contributed by atoms with Gasteiger partial charge in [-0.05, 0) is 80.4 Å². The van der Waals surface area contributed by atoms with Crippen molar-refractivity contribution < 1.29 is 9.53 Å². The first kappa shape index (κ1) is 20.4. The minimum absolute atomic E-state index is 0.116. The van der Waals surface area contributed by atoms with Crippen LogP contribution in [-0.4, -0.2) is 44.1 Å². The lowest BCUT2D eigenvalue weighted by Crippen LogP contribution is -2.26. The summed E-state index contributed by atoms with van der Waals surface area (Å²) in [5.74, 6) is 1.36. The van der Waals surface area contributed by atoms with Gasteiger partial charge in [0.2, 0.25) is 0 Å². The van der Waals surface area contributed by atoms with Crippen LogP contribution in [0, 0.1) is 5.92 Å². The summed E-state index contributed by atoms with van der Waals surface area (Å²) < 4.78 is 5.13. The Morgan fingerprint density at radius 1 is 1.21 bits per heavy atom. The Morgan fingerprint density at radius 2 is 2.04 bits per heavy atom. The standard InChI is InChI=1S/C23H31N3O2/c1-3-12-26-13-11-19(17-26)16-24-15-18-5-4-6-21(14-18)25-23(27)20-7-9-22(28-2)10-8-20/h4-10,14,19,24H,3,11-13,15-17H2,1-2H3,(H,25,27). The van der Waals surface area contributed by atoms with E-state index in [1.165, 1.54) is 38.0 Å². The fourth-order valence-corrected chi connectivity index (χ4v) is 3.72. The second kappa shape index (κ2) is 10.2. The molecule has 1 aliphatic heterocycles. The first-order valence-electron chi connectivity index (χ1n) is 10.2. The molecule has 0 bridgehead atoms. The SMILES string of the molecule is CCCN1CCC(CNCc2cccc(NC(=O)c3ccc(OC)cc3)c2)C1. The van der Waals surface area contributed by atoms with Gasteiger partial charge in [0.05, 0.1) is 7.11 Å². The van der Waals surface area contributed by atoms with Crippen LogP contribution in [0.2, 0.25) is 0 Å². The molecule has 3 rings (SSSR count). The van der Waals surface area contributed by atoms with E-state index in [1.54, 1.807) is 31.4 Å². The molecule has 0 radical (unpaired) electrons. The van der Waals surface area contributed by atoms with Gasteiger partial charge in [-0.3, -0.25) is 4.79 Å². The van der Waals surface area contributed by atoms with Crippen LogP contribution in [0.5, 0.6) is 5.75 Å². The van der Waals surface area contributed by atoms with Crippen LogP contribution in [-0.2, 0) is 6.54 Å². The van der Waals surface area contributed by atoms with Gasteiger partial charge >= 0.3 is 0 Å². The van der Waals surface area contributed by atoms with Gasteiger partial charge in [-0.1, -0.05) is 19.1 Å². The van der Waals surface area contributed by atoms with Gasteiger partial charge in [0, 0.05) is 24.3 Å². The fourth-order valence-electron chi connectivity index (χ4n) is 3.72. The molecule has 2 aromatic carbocycles. The van der Waals surface area contributed by atoms with Crippen LogP contribution >= 0.6 is 0 Å². The number of carbonyl (C=O) groups is 1. The Hall–Kier alpha value is -2.37. The first-order chi connectivity index (χ1) is 13.7. The maximum absolute atomic E-state index is 12.4. The van der Waals surface area contributed by atoms with E-state index in [4.69, 9.17) is 4.74 Å². The highest BCUT2D eigenvalue weighted by Crippen LogP contribution is 2.17. The number of nitrogens with one attached hydrogen (secondary N) is 2. The number of rotatable bonds is 9. The summed E-state index contributed by atoms with van der Waals surface area (Å²) in [5.41, 5.74) is 2.60. The molecule has 0 aliphatic carbocycles. The summed E-state index contributed by atoms with van der Waals surface area (Å²) in [6.07, 6.45) is 2.51. The Bertz CT molecular complexity index is 761. The predicted octanol–water partition coefficient (Wildman–Crippen LogP) is 3.77. The van der Waals surface area contributed by atoms with E-state index in [0.717, 1.165) is 30.4 Å². The highest BCUT2D eigenvalue weighted by Gasteiger charge is 2.20. The minimum atomic E-state index is -0.116. The molecule has 5 heteroatoms. The summed E-state index contributed by atoms with van der Waals surface area (Å²) in [6.45, 7) is 7.75. The van der Waals surface area contributed by atoms with Crippen molar-refractivity contribution in [3.63, 3.8) is 0 Å². The number of carbonyl (C=O) groups excluding carboxylic acids is 1. The Morgan fingerprint density at radius 3 is 2.79 bits per heavy atom. The normalized spacial score (nSPS) is 16.9. The number of hydrogen-bond donors (Lipinski definition) is 2. The maximum atomic E-state index is 12.4. The van der Waals surface area contributed by atoms with Crippen molar-refractivity contribution in [1.82, 2.24) is 10.2 Å². The monoisotopic (exact) mass is 381 g/mol. The van der Waals surface area contributed by atoms with E-state index in [0.29, 0.717) is 5.56 Å².